The highest BCUT2D eigenvalue weighted by Gasteiger charge is 2.18. The summed E-state index contributed by atoms with van der Waals surface area (Å²) in [7, 11) is 0. The van der Waals surface area contributed by atoms with Crippen molar-refractivity contribution < 1.29 is 9.53 Å². The fourth-order valence-corrected chi connectivity index (χ4v) is 1.80. The van der Waals surface area contributed by atoms with Crippen LogP contribution in [0.25, 0.3) is 0 Å². The second-order valence-corrected chi connectivity index (χ2v) is 4.59. The summed E-state index contributed by atoms with van der Waals surface area (Å²) in [4.78, 5) is 11.3. The summed E-state index contributed by atoms with van der Waals surface area (Å²) in [5.41, 5.74) is 6.43. The van der Waals surface area contributed by atoms with Crippen molar-refractivity contribution in [2.45, 2.75) is 33.4 Å². The predicted octanol–water partition coefficient (Wildman–Crippen LogP) is 1.68. The third-order valence-electron chi connectivity index (χ3n) is 2.71. The van der Waals surface area contributed by atoms with Crippen molar-refractivity contribution in [2.24, 2.45) is 11.7 Å². The zero-order valence-electron chi connectivity index (χ0n) is 11.3. The van der Waals surface area contributed by atoms with Crippen LogP contribution in [-0.2, 0) is 11.3 Å². The number of ether oxygens (including phenoxy) is 1. The number of carbonyl (C=O) groups excluding carboxylic acids is 1. The minimum Gasteiger partial charge on any atom is -0.494 e. The number of rotatable bonds is 7. The van der Waals surface area contributed by atoms with Gasteiger partial charge in [0.05, 0.1) is 12.6 Å². The lowest BCUT2D eigenvalue weighted by Gasteiger charge is -2.19. The molecule has 0 aliphatic carbocycles. The smallest absolute Gasteiger partial charge is 0.234 e. The molecule has 1 aromatic rings. The van der Waals surface area contributed by atoms with Crippen LogP contribution in [0, 0.1) is 5.92 Å². The van der Waals surface area contributed by atoms with E-state index in [0.29, 0.717) is 13.2 Å². The van der Waals surface area contributed by atoms with Gasteiger partial charge in [0.25, 0.3) is 0 Å². The second-order valence-electron chi connectivity index (χ2n) is 4.59. The van der Waals surface area contributed by atoms with Gasteiger partial charge in [0, 0.05) is 6.54 Å². The molecule has 0 bridgehead atoms. The molecule has 0 saturated carbocycles. The first-order chi connectivity index (χ1) is 8.54. The van der Waals surface area contributed by atoms with E-state index in [-0.39, 0.29) is 17.9 Å². The summed E-state index contributed by atoms with van der Waals surface area (Å²) in [6.07, 6.45) is 0. The topological polar surface area (TPSA) is 64.3 Å². The van der Waals surface area contributed by atoms with E-state index in [9.17, 15) is 4.79 Å². The molecule has 0 saturated heterocycles. The summed E-state index contributed by atoms with van der Waals surface area (Å²) in [5, 5.41) is 3.17. The SMILES string of the molecule is CCOc1cccc(CNC(C(N)=O)C(C)C)c1. The molecular weight excluding hydrogens is 228 g/mol. The van der Waals surface area contributed by atoms with Gasteiger partial charge in [-0.15, -0.1) is 0 Å². The van der Waals surface area contributed by atoms with Gasteiger partial charge >= 0.3 is 0 Å². The van der Waals surface area contributed by atoms with Gasteiger partial charge < -0.3 is 15.8 Å². The lowest BCUT2D eigenvalue weighted by Crippen LogP contribution is -2.44. The van der Waals surface area contributed by atoms with Gasteiger partial charge in [-0.3, -0.25) is 4.79 Å². The Morgan fingerprint density at radius 3 is 2.72 bits per heavy atom. The first-order valence-corrected chi connectivity index (χ1v) is 6.29. The van der Waals surface area contributed by atoms with Crippen molar-refractivity contribution in [3.8, 4) is 5.75 Å². The molecule has 1 unspecified atom stereocenters. The maximum Gasteiger partial charge on any atom is 0.234 e. The summed E-state index contributed by atoms with van der Waals surface area (Å²) in [5.74, 6) is 0.709. The highest BCUT2D eigenvalue weighted by Crippen LogP contribution is 2.13. The van der Waals surface area contributed by atoms with E-state index in [0.717, 1.165) is 11.3 Å². The Balaban J connectivity index is 2.61. The molecule has 0 aliphatic rings. The Hall–Kier alpha value is -1.55. The van der Waals surface area contributed by atoms with Gasteiger partial charge in [0.15, 0.2) is 0 Å². The average molecular weight is 250 g/mol. The van der Waals surface area contributed by atoms with Crippen LogP contribution < -0.4 is 15.8 Å². The third-order valence-corrected chi connectivity index (χ3v) is 2.71. The normalized spacial score (nSPS) is 12.4. The molecule has 1 aromatic carbocycles. The highest BCUT2D eigenvalue weighted by atomic mass is 16.5. The first-order valence-electron chi connectivity index (χ1n) is 6.29. The standard InChI is InChI=1S/C14H22N2O2/c1-4-18-12-7-5-6-11(8-12)9-16-13(10(2)3)14(15)17/h5-8,10,13,16H,4,9H2,1-3H3,(H2,15,17). The maximum absolute atomic E-state index is 11.3. The van der Waals surface area contributed by atoms with Gasteiger partial charge in [-0.25, -0.2) is 0 Å². The Labute approximate surface area is 109 Å². The van der Waals surface area contributed by atoms with Crippen LogP contribution in [0.15, 0.2) is 24.3 Å². The molecule has 0 radical (unpaired) electrons. The number of hydrogen-bond donors (Lipinski definition) is 2. The molecule has 0 heterocycles. The van der Waals surface area contributed by atoms with E-state index in [1.165, 1.54) is 0 Å². The van der Waals surface area contributed by atoms with Gasteiger partial charge in [-0.05, 0) is 30.5 Å². The predicted molar refractivity (Wildman–Crippen MR) is 72.3 cm³/mol. The van der Waals surface area contributed by atoms with Gasteiger partial charge in [-0.2, -0.15) is 0 Å². The molecule has 3 N–H and O–H groups in total. The molecular formula is C14H22N2O2. The molecule has 1 atom stereocenters. The lowest BCUT2D eigenvalue weighted by molar-refractivity contribution is -0.121. The van der Waals surface area contributed by atoms with E-state index in [2.05, 4.69) is 5.32 Å². The van der Waals surface area contributed by atoms with E-state index >= 15 is 0 Å². The molecule has 0 spiro atoms. The molecule has 18 heavy (non-hydrogen) atoms. The molecule has 100 valence electrons. The molecule has 1 amide bonds. The van der Waals surface area contributed by atoms with E-state index in [1.54, 1.807) is 0 Å². The number of amides is 1. The average Bonchev–Trinajstić information content (AvgIpc) is 2.29. The second kappa shape index (κ2) is 7.01. The van der Waals surface area contributed by atoms with E-state index in [1.807, 2.05) is 45.0 Å². The van der Waals surface area contributed by atoms with Crippen LogP contribution in [0.4, 0.5) is 0 Å². The largest absolute Gasteiger partial charge is 0.494 e. The first kappa shape index (κ1) is 14.5. The summed E-state index contributed by atoms with van der Waals surface area (Å²) >= 11 is 0. The Morgan fingerprint density at radius 1 is 1.44 bits per heavy atom. The molecule has 1 rings (SSSR count). The summed E-state index contributed by atoms with van der Waals surface area (Å²) in [6, 6.07) is 7.52. The van der Waals surface area contributed by atoms with Crippen LogP contribution in [0.5, 0.6) is 5.75 Å². The quantitative estimate of drug-likeness (QED) is 0.774. The molecule has 4 heteroatoms. The Kier molecular flexibility index (Phi) is 5.65. The van der Waals surface area contributed by atoms with Crippen molar-refractivity contribution in [1.29, 1.82) is 0 Å². The van der Waals surface area contributed by atoms with Crippen molar-refractivity contribution in [1.82, 2.24) is 5.32 Å². The van der Waals surface area contributed by atoms with Crippen LogP contribution in [-0.4, -0.2) is 18.6 Å². The monoisotopic (exact) mass is 250 g/mol. The zero-order valence-corrected chi connectivity index (χ0v) is 11.3. The number of hydrogen-bond acceptors (Lipinski definition) is 3. The highest BCUT2D eigenvalue weighted by molar-refractivity contribution is 5.80. The van der Waals surface area contributed by atoms with Crippen LogP contribution in [0.2, 0.25) is 0 Å². The molecule has 0 aromatic heterocycles. The van der Waals surface area contributed by atoms with Crippen molar-refractivity contribution in [2.75, 3.05) is 6.61 Å². The van der Waals surface area contributed by atoms with E-state index in [4.69, 9.17) is 10.5 Å². The number of nitrogens with two attached hydrogens (primary N) is 1. The number of benzene rings is 1. The Bertz CT molecular complexity index is 391. The van der Waals surface area contributed by atoms with Gasteiger partial charge in [0.1, 0.15) is 5.75 Å². The van der Waals surface area contributed by atoms with Crippen LogP contribution in [0.1, 0.15) is 26.3 Å². The van der Waals surface area contributed by atoms with Crippen molar-refractivity contribution >= 4 is 5.91 Å². The fourth-order valence-electron chi connectivity index (χ4n) is 1.80. The summed E-state index contributed by atoms with van der Waals surface area (Å²) < 4.78 is 5.43. The summed E-state index contributed by atoms with van der Waals surface area (Å²) in [6.45, 7) is 7.14. The minimum atomic E-state index is -0.314. The fraction of sp³-hybridized carbons (Fsp3) is 0.500. The lowest BCUT2D eigenvalue weighted by atomic mass is 10.0. The third kappa shape index (κ3) is 4.37. The van der Waals surface area contributed by atoms with Crippen LogP contribution in [0.3, 0.4) is 0 Å². The maximum atomic E-state index is 11.3. The Morgan fingerprint density at radius 2 is 2.17 bits per heavy atom. The molecule has 0 fully saturated rings. The number of primary amides is 1. The molecule has 4 nitrogen and oxygen atoms in total. The van der Waals surface area contributed by atoms with Gasteiger partial charge in [0.2, 0.25) is 5.91 Å². The van der Waals surface area contributed by atoms with Crippen molar-refractivity contribution in [3.05, 3.63) is 29.8 Å². The minimum absolute atomic E-state index is 0.178. The van der Waals surface area contributed by atoms with Crippen molar-refractivity contribution in [3.63, 3.8) is 0 Å². The van der Waals surface area contributed by atoms with Gasteiger partial charge in [-0.1, -0.05) is 26.0 Å². The zero-order chi connectivity index (χ0) is 13.5. The van der Waals surface area contributed by atoms with Crippen LogP contribution >= 0.6 is 0 Å². The number of carbonyl (C=O) groups is 1. The van der Waals surface area contributed by atoms with E-state index < -0.39 is 0 Å². The number of nitrogens with one attached hydrogen (secondary N) is 1. The molecule has 0 aliphatic heterocycles.